The predicted molar refractivity (Wildman–Crippen MR) is 108 cm³/mol. The van der Waals surface area contributed by atoms with Gasteiger partial charge in [-0.1, -0.05) is 32.9 Å². The van der Waals surface area contributed by atoms with E-state index >= 15 is 0 Å². The number of esters is 2. The van der Waals surface area contributed by atoms with Crippen LogP contribution in [0.2, 0.25) is 18.1 Å². The molecular weight excluding hydrogens is 360 g/mol. The summed E-state index contributed by atoms with van der Waals surface area (Å²) in [5.74, 6) is 1.13. The lowest BCUT2D eigenvalue weighted by Crippen LogP contribution is -2.42. The third-order valence-corrected chi connectivity index (χ3v) is 11.3. The van der Waals surface area contributed by atoms with E-state index in [1.165, 1.54) is 13.8 Å². The van der Waals surface area contributed by atoms with Gasteiger partial charge in [0.25, 0.3) is 0 Å². The smallest absolute Gasteiger partial charge is 0.302 e. The second-order valence-corrected chi connectivity index (χ2v) is 12.7. The number of rotatable bonds is 11. The Bertz CT molecular complexity index is 498. The van der Waals surface area contributed by atoms with Gasteiger partial charge in [-0.3, -0.25) is 9.59 Å². The molecule has 0 amide bonds. The lowest BCUT2D eigenvalue weighted by atomic mass is 9.79. The average molecular weight is 397 g/mol. The highest BCUT2D eigenvalue weighted by Crippen LogP contribution is 2.53. The average Bonchev–Trinajstić information content (AvgIpc) is 3.14. The van der Waals surface area contributed by atoms with Gasteiger partial charge in [-0.05, 0) is 42.8 Å². The molecule has 0 aliphatic heterocycles. The van der Waals surface area contributed by atoms with Crippen molar-refractivity contribution in [2.75, 3.05) is 13.2 Å². The molecule has 2 bridgehead atoms. The quantitative estimate of drug-likeness (QED) is 0.295. The molecule has 0 aromatic rings. The highest BCUT2D eigenvalue weighted by Gasteiger charge is 2.53. The second-order valence-electron chi connectivity index (χ2n) is 7.95. The normalized spacial score (nSPS) is 29.1. The molecule has 5 nitrogen and oxygen atoms in total. The van der Waals surface area contributed by atoms with Crippen LogP contribution in [0.3, 0.4) is 0 Å². The van der Waals surface area contributed by atoms with Gasteiger partial charge in [-0.2, -0.15) is 0 Å². The fourth-order valence-electron chi connectivity index (χ4n) is 5.01. The summed E-state index contributed by atoms with van der Waals surface area (Å²) in [5.41, 5.74) is 0. The van der Waals surface area contributed by atoms with Crippen molar-refractivity contribution in [2.24, 2.45) is 23.7 Å². The van der Waals surface area contributed by atoms with Crippen molar-refractivity contribution in [3.8, 4) is 0 Å². The number of fused-ring (bicyclic) bond motifs is 2. The molecule has 2 aliphatic rings. The first-order valence-electron chi connectivity index (χ1n) is 10.5. The molecule has 154 valence electrons. The van der Waals surface area contributed by atoms with Crippen LogP contribution in [0.15, 0.2) is 12.2 Å². The van der Waals surface area contributed by atoms with Crippen LogP contribution in [0.25, 0.3) is 0 Å². The zero-order valence-electron chi connectivity index (χ0n) is 17.5. The fourth-order valence-corrected chi connectivity index (χ4v) is 7.90. The van der Waals surface area contributed by atoms with E-state index < -0.39 is 8.32 Å². The molecule has 1 unspecified atom stereocenters. The van der Waals surface area contributed by atoms with E-state index in [2.05, 4.69) is 32.9 Å². The van der Waals surface area contributed by atoms with Crippen LogP contribution in [-0.4, -0.2) is 39.6 Å². The van der Waals surface area contributed by atoms with E-state index in [0.29, 0.717) is 36.9 Å². The van der Waals surface area contributed by atoms with E-state index in [9.17, 15) is 9.59 Å². The molecule has 6 heteroatoms. The third-order valence-electron chi connectivity index (χ3n) is 6.69. The minimum Gasteiger partial charge on any atom is -0.466 e. The highest BCUT2D eigenvalue weighted by molar-refractivity contribution is 6.73. The molecule has 2 rings (SSSR count). The summed E-state index contributed by atoms with van der Waals surface area (Å²) in [6, 6.07) is 3.44. The monoisotopic (exact) mass is 396 g/mol. The topological polar surface area (TPSA) is 61.8 Å². The number of carbonyl (C=O) groups excluding carboxylic acids is 2. The summed E-state index contributed by atoms with van der Waals surface area (Å²) in [6.07, 6.45) is 6.55. The van der Waals surface area contributed by atoms with Gasteiger partial charge in [0.15, 0.2) is 8.32 Å². The van der Waals surface area contributed by atoms with Crippen molar-refractivity contribution in [1.82, 2.24) is 0 Å². The second kappa shape index (κ2) is 9.87. The van der Waals surface area contributed by atoms with Gasteiger partial charge in [-0.15, -0.1) is 0 Å². The lowest BCUT2D eigenvalue weighted by molar-refractivity contribution is -0.143. The Balaban J connectivity index is 2.11. The lowest BCUT2D eigenvalue weighted by Gasteiger charge is -2.34. The minimum absolute atomic E-state index is 0.229. The zero-order chi connectivity index (χ0) is 20.0. The Labute approximate surface area is 165 Å². The van der Waals surface area contributed by atoms with E-state index in [-0.39, 0.29) is 18.0 Å². The summed E-state index contributed by atoms with van der Waals surface area (Å²) in [7, 11) is -1.69. The van der Waals surface area contributed by atoms with E-state index in [4.69, 9.17) is 13.9 Å². The van der Waals surface area contributed by atoms with Crippen LogP contribution < -0.4 is 0 Å². The highest BCUT2D eigenvalue weighted by atomic mass is 28.4. The molecule has 5 atom stereocenters. The first-order chi connectivity index (χ1) is 12.9. The van der Waals surface area contributed by atoms with Gasteiger partial charge in [0, 0.05) is 25.7 Å². The molecule has 0 saturated heterocycles. The molecule has 0 spiro atoms. The molecular formula is C21H36O5Si. The Hall–Kier alpha value is -1.14. The Morgan fingerprint density at radius 2 is 1.22 bits per heavy atom. The van der Waals surface area contributed by atoms with Gasteiger partial charge in [-0.25, -0.2) is 0 Å². The molecule has 0 aromatic heterocycles. The van der Waals surface area contributed by atoms with E-state index in [1.54, 1.807) is 0 Å². The summed E-state index contributed by atoms with van der Waals surface area (Å²) in [4.78, 5) is 22.3. The molecule has 1 fully saturated rings. The molecule has 0 N–H and O–H groups in total. The van der Waals surface area contributed by atoms with Crippen LogP contribution in [0.4, 0.5) is 0 Å². The number of carbonyl (C=O) groups is 2. The maximum atomic E-state index is 11.2. The summed E-state index contributed by atoms with van der Waals surface area (Å²) in [6.45, 7) is 10.6. The predicted octanol–water partition coefficient (Wildman–Crippen LogP) is 4.33. The standard InChI is InChI=1S/C21H36O5Si/c1-6-27(7-2,8-3)26-21-19-9-10-20(21)18(12-14-25-16(5)23)17(19)11-13-24-15(4)22/h9-10,17-21H,6-8,11-14H2,1-5H3/t17-,18-,19-,20+,21?/m1/s1. The zero-order valence-corrected chi connectivity index (χ0v) is 18.5. The van der Waals surface area contributed by atoms with Crippen molar-refractivity contribution in [3.63, 3.8) is 0 Å². The molecule has 2 aliphatic carbocycles. The van der Waals surface area contributed by atoms with Gasteiger partial charge in [0.2, 0.25) is 0 Å². The van der Waals surface area contributed by atoms with Gasteiger partial charge in [0.05, 0.1) is 19.3 Å². The first kappa shape index (κ1) is 22.1. The number of hydrogen-bond donors (Lipinski definition) is 0. The SMILES string of the molecule is CC[Si](CC)(CC)OC1[C@H]2C=C[C@@H]1[C@H](CCOC(C)=O)[C@H]2CCOC(C)=O. The van der Waals surface area contributed by atoms with Gasteiger partial charge >= 0.3 is 11.9 Å². The molecule has 27 heavy (non-hydrogen) atoms. The van der Waals surface area contributed by atoms with Crippen molar-refractivity contribution in [3.05, 3.63) is 12.2 Å². The van der Waals surface area contributed by atoms with Crippen molar-refractivity contribution in [2.45, 2.75) is 71.7 Å². The third kappa shape index (κ3) is 5.22. The number of ether oxygens (including phenoxy) is 2. The number of hydrogen-bond acceptors (Lipinski definition) is 5. The van der Waals surface area contributed by atoms with Gasteiger partial charge < -0.3 is 13.9 Å². The summed E-state index contributed by atoms with van der Waals surface area (Å²) >= 11 is 0. The summed E-state index contributed by atoms with van der Waals surface area (Å²) < 4.78 is 17.4. The van der Waals surface area contributed by atoms with Crippen LogP contribution >= 0.6 is 0 Å². The first-order valence-corrected chi connectivity index (χ1v) is 13.0. The summed E-state index contributed by atoms with van der Waals surface area (Å²) in [5, 5.41) is 0. The molecule has 0 heterocycles. The van der Waals surface area contributed by atoms with Crippen molar-refractivity contribution in [1.29, 1.82) is 0 Å². The Morgan fingerprint density at radius 1 is 0.815 bits per heavy atom. The van der Waals surface area contributed by atoms with Crippen LogP contribution in [0, 0.1) is 23.7 Å². The van der Waals surface area contributed by atoms with Crippen molar-refractivity contribution < 1.29 is 23.5 Å². The van der Waals surface area contributed by atoms with Crippen LogP contribution in [0.5, 0.6) is 0 Å². The maximum absolute atomic E-state index is 11.2. The van der Waals surface area contributed by atoms with E-state index in [1.807, 2.05) is 0 Å². The fraction of sp³-hybridized carbons (Fsp3) is 0.810. The van der Waals surface area contributed by atoms with Crippen LogP contribution in [0.1, 0.15) is 47.5 Å². The molecule has 1 saturated carbocycles. The van der Waals surface area contributed by atoms with Crippen molar-refractivity contribution >= 4 is 20.3 Å². The Morgan fingerprint density at radius 3 is 1.56 bits per heavy atom. The maximum Gasteiger partial charge on any atom is 0.302 e. The minimum atomic E-state index is -1.69. The largest absolute Gasteiger partial charge is 0.466 e. The molecule has 0 aromatic carbocycles. The Kier molecular flexibility index (Phi) is 8.10. The van der Waals surface area contributed by atoms with E-state index in [0.717, 1.165) is 31.0 Å². The van der Waals surface area contributed by atoms with Gasteiger partial charge in [0.1, 0.15) is 0 Å². The molecule has 0 radical (unpaired) electrons. The van der Waals surface area contributed by atoms with Crippen LogP contribution in [-0.2, 0) is 23.5 Å².